The van der Waals surface area contributed by atoms with Crippen molar-refractivity contribution in [3.63, 3.8) is 0 Å². The highest BCUT2D eigenvalue weighted by Crippen LogP contribution is 2.33. The number of nitrogens with zero attached hydrogens (tertiary/aromatic N) is 2. The van der Waals surface area contributed by atoms with Crippen molar-refractivity contribution in [3.8, 4) is 10.4 Å². The molecule has 5 heteroatoms. The number of benzene rings is 2. The topological polar surface area (TPSA) is 26.4 Å². The molecule has 0 radical (unpaired) electrons. The second-order valence-corrected chi connectivity index (χ2v) is 8.20. The predicted octanol–water partition coefficient (Wildman–Crippen LogP) is 5.82. The van der Waals surface area contributed by atoms with Crippen molar-refractivity contribution in [2.75, 3.05) is 0 Å². The van der Waals surface area contributed by atoms with Gasteiger partial charge in [0.1, 0.15) is 5.65 Å². The second-order valence-electron chi connectivity index (χ2n) is 6.55. The minimum Gasteiger partial charge on any atom is -0.292 e. The molecule has 0 bridgehead atoms. The van der Waals surface area contributed by atoms with Crippen molar-refractivity contribution in [1.82, 2.24) is 8.97 Å². The minimum atomic E-state index is 0.0655. The van der Waals surface area contributed by atoms with Crippen LogP contribution in [0.4, 0.5) is 0 Å². The van der Waals surface area contributed by atoms with Crippen molar-refractivity contribution < 1.29 is 0 Å². The maximum Gasteiger partial charge on any atom is 0.261 e. The molecule has 2 aromatic heterocycles. The average molecular weight is 381 g/mol. The lowest BCUT2D eigenvalue weighted by Crippen LogP contribution is -2.23. The highest BCUT2D eigenvalue weighted by atomic mass is 32.1. The minimum absolute atomic E-state index is 0.0655. The van der Waals surface area contributed by atoms with Crippen LogP contribution in [0, 0.1) is 10.9 Å². The summed E-state index contributed by atoms with van der Waals surface area (Å²) in [7, 11) is 0. The quantitative estimate of drug-likeness (QED) is 0.417. The zero-order chi connectivity index (χ0) is 18.3. The number of thiazole rings is 1. The first kappa shape index (κ1) is 17.2. The molecule has 0 unspecified atom stereocenters. The molecule has 0 aliphatic carbocycles. The van der Waals surface area contributed by atoms with E-state index in [1.165, 1.54) is 5.56 Å². The molecule has 0 aliphatic rings. The van der Waals surface area contributed by atoms with Gasteiger partial charge in [-0.1, -0.05) is 55.3 Å². The molecule has 132 valence electrons. The van der Waals surface area contributed by atoms with Crippen LogP contribution in [-0.4, -0.2) is 8.97 Å². The SMILES string of the molecule is CCCCn1c(=O)c2ccccc2n2c(=S)sc(-c3cccc(C)c3)c12. The summed E-state index contributed by atoms with van der Waals surface area (Å²) in [5.41, 5.74) is 4.19. The maximum atomic E-state index is 13.2. The Labute approximate surface area is 161 Å². The van der Waals surface area contributed by atoms with Gasteiger partial charge in [0.25, 0.3) is 5.56 Å². The Kier molecular flexibility index (Phi) is 4.51. The van der Waals surface area contributed by atoms with Gasteiger partial charge in [0.05, 0.1) is 15.8 Å². The van der Waals surface area contributed by atoms with E-state index in [4.69, 9.17) is 12.2 Å². The second kappa shape index (κ2) is 6.82. The van der Waals surface area contributed by atoms with E-state index in [9.17, 15) is 4.79 Å². The molecule has 0 spiro atoms. The predicted molar refractivity (Wildman–Crippen MR) is 113 cm³/mol. The molecular weight excluding hydrogens is 360 g/mol. The van der Waals surface area contributed by atoms with Gasteiger partial charge in [0, 0.05) is 6.54 Å². The standard InChI is InChI=1S/C21H20N2OS2/c1-3-4-12-22-19-18(15-9-7-8-14(2)13-15)26-21(25)23(19)17-11-6-5-10-16(17)20(22)24/h5-11,13H,3-4,12H2,1-2H3. The van der Waals surface area contributed by atoms with E-state index in [0.29, 0.717) is 6.54 Å². The fraction of sp³-hybridized carbons (Fsp3) is 0.238. The van der Waals surface area contributed by atoms with Crippen LogP contribution in [0.2, 0.25) is 0 Å². The number of hydrogen-bond acceptors (Lipinski definition) is 3. The highest BCUT2D eigenvalue weighted by Gasteiger charge is 2.17. The molecule has 0 atom stereocenters. The van der Waals surface area contributed by atoms with Gasteiger partial charge in [-0.25, -0.2) is 0 Å². The Morgan fingerprint density at radius 3 is 2.69 bits per heavy atom. The Hall–Kier alpha value is -2.24. The maximum absolute atomic E-state index is 13.2. The van der Waals surface area contributed by atoms with Crippen LogP contribution in [0.15, 0.2) is 53.3 Å². The lowest BCUT2D eigenvalue weighted by molar-refractivity contribution is 0.627. The first-order valence-electron chi connectivity index (χ1n) is 8.86. The van der Waals surface area contributed by atoms with Crippen molar-refractivity contribution in [2.24, 2.45) is 0 Å². The van der Waals surface area contributed by atoms with Crippen LogP contribution >= 0.6 is 23.6 Å². The van der Waals surface area contributed by atoms with Gasteiger partial charge in [-0.15, -0.1) is 11.3 Å². The molecule has 2 aromatic carbocycles. The highest BCUT2D eigenvalue weighted by molar-refractivity contribution is 7.73. The first-order valence-corrected chi connectivity index (χ1v) is 10.1. The van der Waals surface area contributed by atoms with Gasteiger partial charge >= 0.3 is 0 Å². The van der Waals surface area contributed by atoms with Crippen molar-refractivity contribution in [1.29, 1.82) is 0 Å². The van der Waals surface area contributed by atoms with E-state index < -0.39 is 0 Å². The molecule has 0 fully saturated rings. The summed E-state index contributed by atoms with van der Waals surface area (Å²) in [6, 6.07) is 16.1. The number of aryl methyl sites for hydroxylation is 2. The van der Waals surface area contributed by atoms with E-state index in [2.05, 4.69) is 42.5 Å². The molecule has 0 saturated heterocycles. The smallest absolute Gasteiger partial charge is 0.261 e. The Bertz CT molecular complexity index is 1230. The van der Waals surface area contributed by atoms with Crippen LogP contribution in [0.5, 0.6) is 0 Å². The first-order chi connectivity index (χ1) is 12.6. The van der Waals surface area contributed by atoms with Crippen molar-refractivity contribution >= 4 is 40.1 Å². The summed E-state index contributed by atoms with van der Waals surface area (Å²) in [4.78, 5) is 14.3. The fourth-order valence-corrected chi connectivity index (χ4v) is 4.83. The number of aromatic nitrogens is 2. The average Bonchev–Trinajstić information content (AvgIpc) is 2.99. The van der Waals surface area contributed by atoms with Gasteiger partial charge in [-0.3, -0.25) is 13.8 Å². The van der Waals surface area contributed by atoms with E-state index in [1.807, 2.05) is 28.8 Å². The van der Waals surface area contributed by atoms with Gasteiger partial charge in [-0.2, -0.15) is 0 Å². The third-order valence-electron chi connectivity index (χ3n) is 4.68. The summed E-state index contributed by atoms with van der Waals surface area (Å²) in [6.45, 7) is 4.93. The van der Waals surface area contributed by atoms with E-state index >= 15 is 0 Å². The molecule has 3 nitrogen and oxygen atoms in total. The normalized spacial score (nSPS) is 11.5. The summed E-state index contributed by atoms with van der Waals surface area (Å²) in [6.07, 6.45) is 2.00. The Morgan fingerprint density at radius 1 is 1.12 bits per heavy atom. The molecule has 2 heterocycles. The molecule has 26 heavy (non-hydrogen) atoms. The number of rotatable bonds is 4. The summed E-state index contributed by atoms with van der Waals surface area (Å²) < 4.78 is 4.76. The van der Waals surface area contributed by atoms with E-state index in [1.54, 1.807) is 11.3 Å². The van der Waals surface area contributed by atoms with Crippen LogP contribution in [0.25, 0.3) is 27.0 Å². The monoisotopic (exact) mass is 380 g/mol. The lowest BCUT2D eigenvalue weighted by atomic mass is 10.1. The van der Waals surface area contributed by atoms with Crippen molar-refractivity contribution in [3.05, 3.63) is 68.4 Å². The van der Waals surface area contributed by atoms with Crippen LogP contribution in [0.1, 0.15) is 25.3 Å². The third-order valence-corrected chi connectivity index (χ3v) is 6.09. The fourth-order valence-electron chi connectivity index (χ4n) is 3.41. The van der Waals surface area contributed by atoms with Crippen molar-refractivity contribution in [2.45, 2.75) is 33.2 Å². The van der Waals surface area contributed by atoms with Gasteiger partial charge in [-0.05, 0) is 43.3 Å². The summed E-state index contributed by atoms with van der Waals surface area (Å²) >= 11 is 7.30. The van der Waals surface area contributed by atoms with Crippen LogP contribution in [-0.2, 0) is 6.54 Å². The molecule has 4 rings (SSSR count). The Morgan fingerprint density at radius 2 is 1.92 bits per heavy atom. The van der Waals surface area contributed by atoms with Gasteiger partial charge in [0.15, 0.2) is 3.95 Å². The van der Waals surface area contributed by atoms with Crippen LogP contribution < -0.4 is 5.56 Å². The van der Waals surface area contributed by atoms with Gasteiger partial charge < -0.3 is 0 Å². The summed E-state index contributed by atoms with van der Waals surface area (Å²) in [5.74, 6) is 0. The zero-order valence-electron chi connectivity index (χ0n) is 14.9. The number of fused-ring (bicyclic) bond motifs is 3. The lowest BCUT2D eigenvalue weighted by Gasteiger charge is -2.13. The molecule has 0 N–H and O–H groups in total. The van der Waals surface area contributed by atoms with Gasteiger partial charge in [0.2, 0.25) is 0 Å². The number of para-hydroxylation sites is 1. The molecule has 0 saturated carbocycles. The number of unbranched alkanes of at least 4 members (excludes halogenated alkanes) is 1. The third kappa shape index (κ3) is 2.72. The molecule has 0 amide bonds. The van der Waals surface area contributed by atoms with E-state index in [-0.39, 0.29) is 5.56 Å². The molecule has 0 aliphatic heterocycles. The van der Waals surface area contributed by atoms with E-state index in [0.717, 1.165) is 43.8 Å². The summed E-state index contributed by atoms with van der Waals surface area (Å²) in [5, 5.41) is 0.723. The Balaban J connectivity index is 2.19. The number of hydrogen-bond donors (Lipinski definition) is 0. The molecule has 4 aromatic rings. The zero-order valence-corrected chi connectivity index (χ0v) is 16.5. The molecular formula is C21H20N2OS2. The van der Waals surface area contributed by atoms with Crippen LogP contribution in [0.3, 0.4) is 0 Å². The largest absolute Gasteiger partial charge is 0.292 e.